The molecule has 1 aromatic heterocycles. The number of hydrogen-bond acceptors (Lipinski definition) is 4. The second-order valence-corrected chi connectivity index (χ2v) is 7.41. The van der Waals surface area contributed by atoms with Gasteiger partial charge in [-0.05, 0) is 29.8 Å². The van der Waals surface area contributed by atoms with Crippen LogP contribution >= 0.6 is 23.2 Å². The van der Waals surface area contributed by atoms with Gasteiger partial charge in [-0.3, -0.25) is 4.79 Å². The Morgan fingerprint density at radius 3 is 2.58 bits per heavy atom. The molecule has 1 N–H and O–H groups in total. The summed E-state index contributed by atoms with van der Waals surface area (Å²) >= 11 is 12.0. The fraction of sp³-hybridized carbons (Fsp3) is 0.353. The minimum Gasteiger partial charge on any atom is -0.379 e. The summed E-state index contributed by atoms with van der Waals surface area (Å²) in [5.74, 6) is -0.434. The number of carbonyl (C=O) groups is 1. The van der Waals surface area contributed by atoms with Crippen LogP contribution in [0, 0.1) is 5.41 Å². The van der Waals surface area contributed by atoms with Crippen molar-refractivity contribution in [3.63, 3.8) is 0 Å². The molecule has 0 bridgehead atoms. The van der Waals surface area contributed by atoms with Crippen molar-refractivity contribution in [2.75, 3.05) is 0 Å². The van der Waals surface area contributed by atoms with E-state index in [0.29, 0.717) is 15.6 Å². The molecular weight excluding hydrogens is 349 g/mol. The zero-order valence-electron chi connectivity index (χ0n) is 13.7. The van der Waals surface area contributed by atoms with Crippen LogP contribution in [0.2, 0.25) is 10.0 Å². The largest absolute Gasteiger partial charge is 0.379 e. The van der Waals surface area contributed by atoms with Crippen molar-refractivity contribution < 1.29 is 9.90 Å². The highest BCUT2D eigenvalue weighted by molar-refractivity contribution is 6.35. The van der Waals surface area contributed by atoms with Gasteiger partial charge in [0.05, 0.1) is 6.54 Å². The van der Waals surface area contributed by atoms with E-state index in [1.807, 2.05) is 0 Å². The molecule has 0 aliphatic heterocycles. The van der Waals surface area contributed by atoms with E-state index in [2.05, 4.69) is 10.1 Å². The van der Waals surface area contributed by atoms with Crippen molar-refractivity contribution >= 4 is 35.1 Å². The zero-order valence-corrected chi connectivity index (χ0v) is 15.2. The smallest absolute Gasteiger partial charge is 0.189 e. The molecule has 2 rings (SSSR count). The number of halogens is 2. The fourth-order valence-electron chi connectivity index (χ4n) is 2.17. The lowest BCUT2D eigenvalue weighted by Gasteiger charge is -2.37. The number of hydrogen-bond donors (Lipinski definition) is 1. The number of rotatable bonds is 5. The van der Waals surface area contributed by atoms with E-state index in [-0.39, 0.29) is 6.54 Å². The number of benzene rings is 1. The molecule has 0 radical (unpaired) electrons. The van der Waals surface area contributed by atoms with Crippen LogP contribution in [0.3, 0.4) is 0 Å². The first kappa shape index (κ1) is 18.6. The van der Waals surface area contributed by atoms with Gasteiger partial charge >= 0.3 is 0 Å². The van der Waals surface area contributed by atoms with Crippen molar-refractivity contribution in [2.45, 2.75) is 32.9 Å². The Bertz CT molecular complexity index is 752. The van der Waals surface area contributed by atoms with Gasteiger partial charge in [0.25, 0.3) is 0 Å². The van der Waals surface area contributed by atoms with Gasteiger partial charge in [-0.1, -0.05) is 50.0 Å². The van der Waals surface area contributed by atoms with Crippen LogP contribution in [0.4, 0.5) is 0 Å². The summed E-state index contributed by atoms with van der Waals surface area (Å²) in [6.07, 6.45) is 5.72. The Labute approximate surface area is 150 Å². The van der Waals surface area contributed by atoms with Crippen LogP contribution in [0.25, 0.3) is 6.08 Å². The Morgan fingerprint density at radius 1 is 1.33 bits per heavy atom. The number of ketones is 1. The van der Waals surface area contributed by atoms with Gasteiger partial charge < -0.3 is 5.11 Å². The predicted molar refractivity (Wildman–Crippen MR) is 94.9 cm³/mol. The predicted octanol–water partition coefficient (Wildman–Crippen LogP) is 3.64. The highest BCUT2D eigenvalue weighted by atomic mass is 35.5. The lowest BCUT2D eigenvalue weighted by atomic mass is 9.73. The van der Waals surface area contributed by atoms with Gasteiger partial charge in [0.2, 0.25) is 0 Å². The van der Waals surface area contributed by atoms with E-state index >= 15 is 0 Å². The van der Waals surface area contributed by atoms with E-state index in [9.17, 15) is 9.90 Å². The molecular formula is C17H19Cl2N3O2. The van der Waals surface area contributed by atoms with Crippen LogP contribution in [0.1, 0.15) is 26.3 Å². The third-order valence-corrected chi connectivity index (χ3v) is 4.44. The average Bonchev–Trinajstić information content (AvgIpc) is 2.97. The first-order valence-corrected chi connectivity index (χ1v) is 8.11. The number of aliphatic hydroxyl groups is 1. The average molecular weight is 368 g/mol. The monoisotopic (exact) mass is 367 g/mol. The molecule has 0 saturated carbocycles. The maximum atomic E-state index is 12.7. The number of aromatic nitrogens is 3. The molecule has 7 heteroatoms. The van der Waals surface area contributed by atoms with Crippen molar-refractivity contribution in [1.29, 1.82) is 0 Å². The Balaban J connectivity index is 2.29. The topological polar surface area (TPSA) is 68.0 Å². The van der Waals surface area contributed by atoms with Gasteiger partial charge in [0, 0.05) is 15.5 Å². The zero-order chi connectivity index (χ0) is 18.0. The second kappa shape index (κ2) is 7.05. The molecule has 0 amide bonds. The summed E-state index contributed by atoms with van der Waals surface area (Å²) in [6.45, 7) is 5.40. The summed E-state index contributed by atoms with van der Waals surface area (Å²) in [6, 6.07) is 4.99. The van der Waals surface area contributed by atoms with Gasteiger partial charge in [0.1, 0.15) is 12.7 Å². The van der Waals surface area contributed by atoms with Crippen molar-refractivity contribution in [2.24, 2.45) is 5.41 Å². The summed E-state index contributed by atoms with van der Waals surface area (Å²) in [7, 11) is 0. The molecule has 0 saturated heterocycles. The van der Waals surface area contributed by atoms with Crippen LogP contribution in [-0.2, 0) is 11.3 Å². The first-order valence-electron chi connectivity index (χ1n) is 7.36. The van der Waals surface area contributed by atoms with E-state index in [4.69, 9.17) is 23.2 Å². The summed E-state index contributed by atoms with van der Waals surface area (Å²) in [4.78, 5) is 16.6. The molecule has 0 fully saturated rings. The Kier molecular flexibility index (Phi) is 5.48. The molecule has 1 aromatic carbocycles. The Hall–Kier alpha value is -1.69. The Morgan fingerprint density at radius 2 is 2.04 bits per heavy atom. The lowest BCUT2D eigenvalue weighted by molar-refractivity contribution is -0.147. The van der Waals surface area contributed by atoms with Crippen LogP contribution in [-0.4, -0.2) is 31.3 Å². The first-order chi connectivity index (χ1) is 11.1. The van der Waals surface area contributed by atoms with Crippen molar-refractivity contribution in [3.8, 4) is 0 Å². The maximum Gasteiger partial charge on any atom is 0.189 e. The second-order valence-electron chi connectivity index (χ2n) is 6.57. The summed E-state index contributed by atoms with van der Waals surface area (Å²) in [5, 5.41) is 16.0. The SMILES string of the molecule is CC(C)(C)C(O)(Cn1cncn1)C(=O)/C=C/c1ccc(Cl)cc1Cl. The molecule has 1 unspecified atom stereocenters. The molecule has 24 heavy (non-hydrogen) atoms. The molecule has 1 atom stereocenters. The number of carbonyl (C=O) groups excluding carboxylic acids is 1. The summed E-state index contributed by atoms with van der Waals surface area (Å²) < 4.78 is 1.44. The van der Waals surface area contributed by atoms with Crippen molar-refractivity contribution in [3.05, 3.63) is 52.5 Å². The highest BCUT2D eigenvalue weighted by Crippen LogP contribution is 2.33. The maximum absolute atomic E-state index is 12.7. The molecule has 0 aliphatic carbocycles. The van der Waals surface area contributed by atoms with Crippen LogP contribution in [0.15, 0.2) is 36.9 Å². The molecule has 2 aromatic rings. The van der Waals surface area contributed by atoms with Crippen LogP contribution < -0.4 is 0 Å². The van der Waals surface area contributed by atoms with E-state index in [0.717, 1.165) is 0 Å². The van der Waals surface area contributed by atoms with Gasteiger partial charge in [0.15, 0.2) is 11.4 Å². The normalized spacial score (nSPS) is 14.8. The summed E-state index contributed by atoms with van der Waals surface area (Å²) in [5.41, 5.74) is -1.70. The van der Waals surface area contributed by atoms with E-state index in [1.165, 1.54) is 23.4 Å². The molecule has 1 heterocycles. The highest BCUT2D eigenvalue weighted by Gasteiger charge is 2.46. The van der Waals surface area contributed by atoms with E-state index < -0.39 is 16.8 Å². The van der Waals surface area contributed by atoms with Gasteiger partial charge in [-0.15, -0.1) is 0 Å². The molecule has 0 aliphatic rings. The van der Waals surface area contributed by atoms with Gasteiger partial charge in [-0.2, -0.15) is 5.10 Å². The molecule has 5 nitrogen and oxygen atoms in total. The van der Waals surface area contributed by atoms with E-state index in [1.54, 1.807) is 45.0 Å². The third kappa shape index (κ3) is 4.04. The fourth-order valence-corrected chi connectivity index (χ4v) is 2.64. The standard InChI is InChI=1S/C17H19Cl2N3O2/c1-16(2,3)17(24,9-22-11-20-10-21-22)15(23)7-5-12-4-6-13(18)8-14(12)19/h4-8,10-11,24H,9H2,1-3H3/b7-5+. The van der Waals surface area contributed by atoms with Crippen LogP contribution in [0.5, 0.6) is 0 Å². The van der Waals surface area contributed by atoms with Gasteiger partial charge in [-0.25, -0.2) is 9.67 Å². The quantitative estimate of drug-likeness (QED) is 0.819. The number of nitrogens with zero attached hydrogens (tertiary/aromatic N) is 3. The lowest BCUT2D eigenvalue weighted by Crippen LogP contribution is -2.52. The molecule has 128 valence electrons. The minimum absolute atomic E-state index is 0.00796. The third-order valence-electron chi connectivity index (χ3n) is 3.88. The molecule has 0 spiro atoms. The van der Waals surface area contributed by atoms with Crippen molar-refractivity contribution in [1.82, 2.24) is 14.8 Å². The minimum atomic E-state index is -1.64.